The lowest BCUT2D eigenvalue weighted by atomic mass is 9.83. The first-order chi connectivity index (χ1) is 20.9. The molecule has 222 valence electrons. The van der Waals surface area contributed by atoms with Gasteiger partial charge in [0.25, 0.3) is 5.91 Å². The minimum atomic E-state index is -1.79. The third-order valence-corrected chi connectivity index (χ3v) is 7.73. The average molecular weight is 582 g/mol. The normalized spacial score (nSPS) is 16.8. The maximum absolute atomic E-state index is 14.0. The molecule has 2 atom stereocenters. The van der Waals surface area contributed by atoms with Crippen LogP contribution in [0, 0.1) is 5.92 Å². The second-order valence-electron chi connectivity index (χ2n) is 10.5. The molecule has 0 radical (unpaired) electrons. The molecule has 0 bridgehead atoms. The zero-order chi connectivity index (χ0) is 30.4. The molecule has 10 nitrogen and oxygen atoms in total. The number of anilines is 3. The summed E-state index contributed by atoms with van der Waals surface area (Å²) < 4.78 is 7.13. The predicted octanol–water partition coefficient (Wildman–Crippen LogP) is 4.13. The van der Waals surface area contributed by atoms with Crippen LogP contribution in [0.25, 0.3) is 0 Å². The van der Waals surface area contributed by atoms with E-state index >= 15 is 0 Å². The van der Waals surface area contributed by atoms with Crippen molar-refractivity contribution in [3.63, 3.8) is 0 Å². The van der Waals surface area contributed by atoms with Gasteiger partial charge in [0, 0.05) is 48.6 Å². The lowest BCUT2D eigenvalue weighted by molar-refractivity contribution is -0.139. The number of methoxy groups -OCH3 is 1. The van der Waals surface area contributed by atoms with Gasteiger partial charge in [0.1, 0.15) is 5.75 Å². The van der Waals surface area contributed by atoms with Crippen LogP contribution in [0.3, 0.4) is 0 Å². The summed E-state index contributed by atoms with van der Waals surface area (Å²) in [5.41, 5.74) is 2.35. The predicted molar refractivity (Wildman–Crippen MR) is 163 cm³/mol. The van der Waals surface area contributed by atoms with Crippen molar-refractivity contribution in [3.8, 4) is 5.75 Å². The molecule has 0 unspecified atom stereocenters. The lowest BCUT2D eigenvalue weighted by Crippen LogP contribution is -2.44. The zero-order valence-corrected chi connectivity index (χ0v) is 24.2. The standard InChI is InChI=1S/C33H35N5O5/c1-24(8-6-7-18-36-22-26(17-19-39)34-35-36)33(42)30-20-29(43-2)15-16-31(30)37(32(33)41)21-25-11-13-28(14-12-25)38(23-40)27-9-4-3-5-10-27/h3-6,8-16,20,22-24,39,42H,7,17-19,21H2,1-2H3/b8-6+/t24-,33+/m1/s1. The van der Waals surface area contributed by atoms with Gasteiger partial charge in [0.15, 0.2) is 5.60 Å². The van der Waals surface area contributed by atoms with Crippen LogP contribution in [0.15, 0.2) is 91.1 Å². The number of fused-ring (bicyclic) bond motifs is 1. The number of aliphatic hydroxyl groups is 2. The molecule has 0 saturated carbocycles. The molecule has 2 amide bonds. The Labute approximate surface area is 250 Å². The van der Waals surface area contributed by atoms with E-state index in [1.54, 1.807) is 46.0 Å². The SMILES string of the molecule is COc1ccc2c(c1)[C@@](O)([C@H](C)/C=C/CCn1cc(CCO)nn1)C(=O)N2Cc1ccc(N(C=O)c2ccccc2)cc1. The number of hydrogen-bond acceptors (Lipinski definition) is 7. The number of aryl methyl sites for hydroxylation is 1. The minimum absolute atomic E-state index is 0.0182. The molecule has 1 aliphatic heterocycles. The van der Waals surface area contributed by atoms with Crippen molar-refractivity contribution in [2.75, 3.05) is 23.5 Å². The van der Waals surface area contributed by atoms with Crippen LogP contribution < -0.4 is 14.5 Å². The van der Waals surface area contributed by atoms with E-state index in [1.807, 2.05) is 73.7 Å². The first-order valence-corrected chi connectivity index (χ1v) is 14.2. The van der Waals surface area contributed by atoms with Gasteiger partial charge in [-0.15, -0.1) is 5.10 Å². The van der Waals surface area contributed by atoms with Crippen molar-refractivity contribution < 1.29 is 24.5 Å². The lowest BCUT2D eigenvalue weighted by Gasteiger charge is -2.28. The molecule has 0 aliphatic carbocycles. The molecule has 0 fully saturated rings. The molecule has 5 rings (SSSR count). The van der Waals surface area contributed by atoms with Gasteiger partial charge >= 0.3 is 0 Å². The fraction of sp³-hybridized carbons (Fsp3) is 0.273. The molecule has 4 aromatic rings. The number of para-hydroxylation sites is 1. The largest absolute Gasteiger partial charge is 0.497 e. The molecule has 0 saturated heterocycles. The Hall–Kier alpha value is -4.80. The second kappa shape index (κ2) is 13.0. The summed E-state index contributed by atoms with van der Waals surface area (Å²) in [6.45, 7) is 2.66. The number of aliphatic hydroxyl groups excluding tert-OH is 1. The molecule has 1 aliphatic rings. The number of ether oxygens (including phenoxy) is 1. The number of allylic oxidation sites excluding steroid dienone is 1. The van der Waals surface area contributed by atoms with Gasteiger partial charge < -0.3 is 19.8 Å². The van der Waals surface area contributed by atoms with Crippen LogP contribution in [-0.4, -0.2) is 51.2 Å². The van der Waals surface area contributed by atoms with Crippen LogP contribution in [0.2, 0.25) is 0 Å². The van der Waals surface area contributed by atoms with Gasteiger partial charge in [-0.25, -0.2) is 0 Å². The highest BCUT2D eigenvalue weighted by molar-refractivity contribution is 6.07. The monoisotopic (exact) mass is 581 g/mol. The Bertz CT molecular complexity index is 1590. The molecule has 0 spiro atoms. The maximum Gasteiger partial charge on any atom is 0.264 e. The van der Waals surface area contributed by atoms with Crippen molar-refractivity contribution in [1.29, 1.82) is 0 Å². The van der Waals surface area contributed by atoms with E-state index in [2.05, 4.69) is 10.3 Å². The summed E-state index contributed by atoms with van der Waals surface area (Å²) in [5, 5.41) is 29.2. The highest BCUT2D eigenvalue weighted by atomic mass is 16.5. The molecule has 43 heavy (non-hydrogen) atoms. The zero-order valence-electron chi connectivity index (χ0n) is 24.2. The van der Waals surface area contributed by atoms with Gasteiger partial charge in [-0.2, -0.15) is 0 Å². The molecule has 2 N–H and O–H groups in total. The number of nitrogens with zero attached hydrogens (tertiary/aromatic N) is 5. The summed E-state index contributed by atoms with van der Waals surface area (Å²) in [4.78, 5) is 29.0. The fourth-order valence-corrected chi connectivity index (χ4v) is 5.34. The first kappa shape index (κ1) is 29.7. The fourth-order valence-electron chi connectivity index (χ4n) is 5.34. The molecule has 2 heterocycles. The number of aromatic nitrogens is 3. The van der Waals surface area contributed by atoms with E-state index in [0.29, 0.717) is 42.1 Å². The van der Waals surface area contributed by atoms with Crippen molar-refractivity contribution in [1.82, 2.24) is 15.0 Å². The van der Waals surface area contributed by atoms with Gasteiger partial charge in [-0.05, 0) is 54.4 Å². The number of carbonyl (C=O) groups excluding carboxylic acids is 2. The molecular weight excluding hydrogens is 546 g/mol. The molecule has 3 aromatic carbocycles. The number of amides is 2. The van der Waals surface area contributed by atoms with E-state index in [-0.39, 0.29) is 13.2 Å². The summed E-state index contributed by atoms with van der Waals surface area (Å²) in [6, 6.07) is 22.1. The Morgan fingerprint density at radius 1 is 1.07 bits per heavy atom. The van der Waals surface area contributed by atoms with Gasteiger partial charge in [-0.1, -0.05) is 54.6 Å². The van der Waals surface area contributed by atoms with Crippen LogP contribution in [0.5, 0.6) is 5.75 Å². The van der Waals surface area contributed by atoms with E-state index in [9.17, 15) is 14.7 Å². The number of benzene rings is 3. The number of rotatable bonds is 13. The summed E-state index contributed by atoms with van der Waals surface area (Å²) in [5.74, 6) is -0.404. The van der Waals surface area contributed by atoms with Gasteiger partial charge in [0.05, 0.1) is 25.0 Å². The highest BCUT2D eigenvalue weighted by Gasteiger charge is 2.52. The van der Waals surface area contributed by atoms with Crippen LogP contribution in [0.4, 0.5) is 17.1 Å². The highest BCUT2D eigenvalue weighted by Crippen LogP contribution is 2.47. The van der Waals surface area contributed by atoms with Crippen molar-refractivity contribution in [2.45, 2.75) is 38.5 Å². The van der Waals surface area contributed by atoms with Crippen LogP contribution >= 0.6 is 0 Å². The van der Waals surface area contributed by atoms with Crippen molar-refractivity contribution in [2.24, 2.45) is 5.92 Å². The number of carbonyl (C=O) groups is 2. The Morgan fingerprint density at radius 2 is 1.81 bits per heavy atom. The van der Waals surface area contributed by atoms with Crippen LogP contribution in [-0.2, 0) is 34.7 Å². The second-order valence-corrected chi connectivity index (χ2v) is 10.5. The third kappa shape index (κ3) is 6.06. The summed E-state index contributed by atoms with van der Waals surface area (Å²) in [7, 11) is 1.55. The average Bonchev–Trinajstić information content (AvgIpc) is 3.57. The van der Waals surface area contributed by atoms with E-state index in [0.717, 1.165) is 23.4 Å². The maximum atomic E-state index is 14.0. The number of hydrogen-bond donors (Lipinski definition) is 2. The topological polar surface area (TPSA) is 121 Å². The van der Waals surface area contributed by atoms with Crippen LogP contribution in [0.1, 0.15) is 30.2 Å². The van der Waals surface area contributed by atoms with Crippen molar-refractivity contribution in [3.05, 3.63) is 108 Å². The Balaban J connectivity index is 1.34. The van der Waals surface area contributed by atoms with Gasteiger partial charge in [0.2, 0.25) is 6.41 Å². The first-order valence-electron chi connectivity index (χ1n) is 14.2. The van der Waals surface area contributed by atoms with Gasteiger partial charge in [-0.3, -0.25) is 19.2 Å². The third-order valence-electron chi connectivity index (χ3n) is 7.73. The molecular formula is C33H35N5O5. The van der Waals surface area contributed by atoms with E-state index < -0.39 is 17.4 Å². The Kier molecular flexibility index (Phi) is 8.98. The Morgan fingerprint density at radius 3 is 2.51 bits per heavy atom. The van der Waals surface area contributed by atoms with Crippen molar-refractivity contribution >= 4 is 29.4 Å². The summed E-state index contributed by atoms with van der Waals surface area (Å²) >= 11 is 0. The minimum Gasteiger partial charge on any atom is -0.497 e. The van der Waals surface area contributed by atoms with E-state index in [4.69, 9.17) is 9.84 Å². The molecule has 10 heteroatoms. The quantitative estimate of drug-likeness (QED) is 0.180. The smallest absolute Gasteiger partial charge is 0.264 e. The summed E-state index contributed by atoms with van der Waals surface area (Å²) in [6.07, 6.45) is 7.42. The van der Waals surface area contributed by atoms with E-state index in [1.165, 1.54) is 0 Å². The molecule has 1 aromatic heterocycles.